The predicted molar refractivity (Wildman–Crippen MR) is 97.7 cm³/mol. The molecule has 0 aliphatic rings. The van der Waals surface area contributed by atoms with Gasteiger partial charge in [0.05, 0.1) is 12.8 Å². The van der Waals surface area contributed by atoms with Crippen LogP contribution in [0.3, 0.4) is 0 Å². The Hall–Kier alpha value is -3.08. The van der Waals surface area contributed by atoms with Gasteiger partial charge in [0.15, 0.2) is 5.69 Å². The molecule has 0 saturated carbocycles. The molecule has 1 N–H and O–H groups in total. The maximum atomic E-state index is 12.3. The zero-order chi connectivity index (χ0) is 17.6. The molecule has 5 heteroatoms. The maximum absolute atomic E-state index is 12.3. The van der Waals surface area contributed by atoms with Gasteiger partial charge in [-0.2, -0.15) is 5.10 Å². The smallest absolute Gasteiger partial charge is 0.271 e. The van der Waals surface area contributed by atoms with E-state index in [0.717, 1.165) is 23.4 Å². The van der Waals surface area contributed by atoms with Crippen LogP contribution in [-0.2, 0) is 13.5 Å². The number of hydrogen-bond acceptors (Lipinski definition) is 3. The lowest BCUT2D eigenvalue weighted by molar-refractivity contribution is 0.0948. The van der Waals surface area contributed by atoms with Gasteiger partial charge in [0.1, 0.15) is 5.75 Å². The summed E-state index contributed by atoms with van der Waals surface area (Å²) in [5.41, 5.74) is 3.49. The SMILES string of the molecule is COc1ccc(-c2cc(C(=O)NCCc3ccccc3)nn2C)cc1. The number of carbonyl (C=O) groups is 1. The fourth-order valence-corrected chi connectivity index (χ4v) is 2.67. The number of carbonyl (C=O) groups excluding carboxylic acids is 1. The minimum absolute atomic E-state index is 0.161. The summed E-state index contributed by atoms with van der Waals surface area (Å²) < 4.78 is 6.89. The van der Waals surface area contributed by atoms with Gasteiger partial charge < -0.3 is 10.1 Å². The van der Waals surface area contributed by atoms with Crippen LogP contribution in [0, 0.1) is 0 Å². The molecule has 5 nitrogen and oxygen atoms in total. The molecule has 0 unspecified atom stereocenters. The van der Waals surface area contributed by atoms with E-state index >= 15 is 0 Å². The van der Waals surface area contributed by atoms with Gasteiger partial charge in [-0.25, -0.2) is 0 Å². The largest absolute Gasteiger partial charge is 0.497 e. The molecular formula is C20H21N3O2. The Morgan fingerprint density at radius 1 is 1.12 bits per heavy atom. The monoisotopic (exact) mass is 335 g/mol. The van der Waals surface area contributed by atoms with Gasteiger partial charge in [-0.1, -0.05) is 30.3 Å². The molecule has 1 heterocycles. The van der Waals surface area contributed by atoms with Crippen molar-refractivity contribution in [2.75, 3.05) is 13.7 Å². The van der Waals surface area contributed by atoms with Crippen LogP contribution >= 0.6 is 0 Å². The molecule has 2 aromatic carbocycles. The van der Waals surface area contributed by atoms with Crippen LogP contribution in [-0.4, -0.2) is 29.3 Å². The molecule has 0 fully saturated rings. The van der Waals surface area contributed by atoms with Crippen molar-refractivity contribution >= 4 is 5.91 Å². The van der Waals surface area contributed by atoms with E-state index in [1.165, 1.54) is 5.56 Å². The summed E-state index contributed by atoms with van der Waals surface area (Å²) in [6.07, 6.45) is 0.796. The average Bonchev–Trinajstić information content (AvgIpc) is 3.04. The first-order valence-corrected chi connectivity index (χ1v) is 8.18. The highest BCUT2D eigenvalue weighted by molar-refractivity contribution is 5.93. The Labute approximate surface area is 147 Å². The second-order valence-corrected chi connectivity index (χ2v) is 5.76. The van der Waals surface area contributed by atoms with Crippen LogP contribution in [0.1, 0.15) is 16.1 Å². The number of methoxy groups -OCH3 is 1. The molecule has 128 valence electrons. The van der Waals surface area contributed by atoms with E-state index in [4.69, 9.17) is 4.74 Å². The van der Waals surface area contributed by atoms with Crippen LogP contribution in [0.15, 0.2) is 60.7 Å². The number of benzene rings is 2. The summed E-state index contributed by atoms with van der Waals surface area (Å²) in [6, 6.07) is 19.6. The quantitative estimate of drug-likeness (QED) is 0.753. The molecule has 3 rings (SSSR count). The Balaban J connectivity index is 1.65. The summed E-state index contributed by atoms with van der Waals surface area (Å²) >= 11 is 0. The van der Waals surface area contributed by atoms with Gasteiger partial charge in [0.25, 0.3) is 5.91 Å². The molecule has 0 aliphatic carbocycles. The third-order valence-electron chi connectivity index (χ3n) is 4.04. The number of nitrogens with zero attached hydrogens (tertiary/aromatic N) is 2. The molecule has 0 saturated heterocycles. The Morgan fingerprint density at radius 2 is 1.84 bits per heavy atom. The molecule has 0 radical (unpaired) electrons. The van der Waals surface area contributed by atoms with E-state index in [-0.39, 0.29) is 5.91 Å². The lowest BCUT2D eigenvalue weighted by Crippen LogP contribution is -2.26. The fourth-order valence-electron chi connectivity index (χ4n) is 2.67. The molecule has 1 amide bonds. The van der Waals surface area contributed by atoms with Gasteiger partial charge in [0, 0.05) is 19.2 Å². The third kappa shape index (κ3) is 4.07. The summed E-state index contributed by atoms with van der Waals surface area (Å²) in [6.45, 7) is 0.581. The molecule has 1 aromatic heterocycles. The van der Waals surface area contributed by atoms with Gasteiger partial charge in [0.2, 0.25) is 0 Å². The zero-order valence-corrected chi connectivity index (χ0v) is 14.4. The van der Waals surface area contributed by atoms with E-state index < -0.39 is 0 Å². The van der Waals surface area contributed by atoms with Crippen LogP contribution in [0.5, 0.6) is 5.75 Å². The number of ether oxygens (including phenoxy) is 1. The zero-order valence-electron chi connectivity index (χ0n) is 14.4. The first kappa shape index (κ1) is 16.8. The van der Waals surface area contributed by atoms with Crippen molar-refractivity contribution in [1.82, 2.24) is 15.1 Å². The standard InChI is InChI=1S/C20H21N3O2/c1-23-19(16-8-10-17(25-2)11-9-16)14-18(22-23)20(24)21-13-12-15-6-4-3-5-7-15/h3-11,14H,12-13H2,1-2H3,(H,21,24). The Kier molecular flexibility index (Phi) is 5.14. The molecule has 0 aliphatic heterocycles. The predicted octanol–water partition coefficient (Wildman–Crippen LogP) is 3.07. The first-order valence-electron chi connectivity index (χ1n) is 8.18. The molecular weight excluding hydrogens is 314 g/mol. The van der Waals surface area contributed by atoms with E-state index in [9.17, 15) is 4.79 Å². The number of rotatable bonds is 6. The molecule has 3 aromatic rings. The number of nitrogens with one attached hydrogen (secondary N) is 1. The Bertz CT molecular complexity index is 839. The normalized spacial score (nSPS) is 10.5. The number of amides is 1. The van der Waals surface area contributed by atoms with Crippen LogP contribution in [0.2, 0.25) is 0 Å². The van der Waals surface area contributed by atoms with E-state index in [0.29, 0.717) is 12.2 Å². The van der Waals surface area contributed by atoms with Crippen molar-refractivity contribution < 1.29 is 9.53 Å². The van der Waals surface area contributed by atoms with Gasteiger partial charge in [-0.3, -0.25) is 9.48 Å². The minimum Gasteiger partial charge on any atom is -0.497 e. The molecule has 0 bridgehead atoms. The van der Waals surface area contributed by atoms with Crippen LogP contribution in [0.25, 0.3) is 11.3 Å². The highest BCUT2D eigenvalue weighted by atomic mass is 16.5. The number of hydrogen-bond donors (Lipinski definition) is 1. The van der Waals surface area contributed by atoms with Crippen molar-refractivity contribution in [1.29, 1.82) is 0 Å². The number of aryl methyl sites for hydroxylation is 1. The van der Waals surface area contributed by atoms with Crippen LogP contribution < -0.4 is 10.1 Å². The number of aromatic nitrogens is 2. The van der Waals surface area contributed by atoms with Crippen molar-refractivity contribution in [2.24, 2.45) is 7.05 Å². The second-order valence-electron chi connectivity index (χ2n) is 5.76. The average molecular weight is 335 g/mol. The molecule has 0 atom stereocenters. The molecule has 25 heavy (non-hydrogen) atoms. The van der Waals surface area contributed by atoms with E-state index in [2.05, 4.69) is 22.5 Å². The van der Waals surface area contributed by atoms with Crippen molar-refractivity contribution in [2.45, 2.75) is 6.42 Å². The molecule has 0 spiro atoms. The minimum atomic E-state index is -0.161. The van der Waals surface area contributed by atoms with E-state index in [1.807, 2.05) is 49.5 Å². The second kappa shape index (κ2) is 7.66. The van der Waals surface area contributed by atoms with Crippen molar-refractivity contribution in [3.63, 3.8) is 0 Å². The highest BCUT2D eigenvalue weighted by Crippen LogP contribution is 2.22. The lowest BCUT2D eigenvalue weighted by Gasteiger charge is -2.03. The fraction of sp³-hybridized carbons (Fsp3) is 0.200. The van der Waals surface area contributed by atoms with Crippen LogP contribution in [0.4, 0.5) is 0 Å². The van der Waals surface area contributed by atoms with Gasteiger partial charge >= 0.3 is 0 Å². The summed E-state index contributed by atoms with van der Waals surface area (Å²) in [5.74, 6) is 0.635. The first-order chi connectivity index (χ1) is 12.2. The summed E-state index contributed by atoms with van der Waals surface area (Å²) in [4.78, 5) is 12.3. The maximum Gasteiger partial charge on any atom is 0.271 e. The third-order valence-corrected chi connectivity index (χ3v) is 4.04. The van der Waals surface area contributed by atoms with E-state index in [1.54, 1.807) is 17.9 Å². The summed E-state index contributed by atoms with van der Waals surface area (Å²) in [7, 11) is 3.47. The lowest BCUT2D eigenvalue weighted by atomic mass is 10.1. The van der Waals surface area contributed by atoms with Gasteiger partial charge in [-0.05, 0) is 42.3 Å². The van der Waals surface area contributed by atoms with Crippen molar-refractivity contribution in [3.05, 3.63) is 71.9 Å². The highest BCUT2D eigenvalue weighted by Gasteiger charge is 2.13. The van der Waals surface area contributed by atoms with Crippen molar-refractivity contribution in [3.8, 4) is 17.0 Å². The Morgan fingerprint density at radius 3 is 2.52 bits per heavy atom. The topological polar surface area (TPSA) is 56.1 Å². The van der Waals surface area contributed by atoms with Gasteiger partial charge in [-0.15, -0.1) is 0 Å². The summed E-state index contributed by atoms with van der Waals surface area (Å²) in [5, 5.41) is 7.25.